The van der Waals surface area contributed by atoms with E-state index in [4.69, 9.17) is 10.7 Å². The zero-order chi connectivity index (χ0) is 15.0. The normalized spacial score (nSPS) is 15.8. The fourth-order valence-corrected chi connectivity index (χ4v) is 3.28. The monoisotopic (exact) mass is 283 g/mol. The number of aryl methyl sites for hydroxylation is 4. The summed E-state index contributed by atoms with van der Waals surface area (Å²) >= 11 is 0. The SMILES string of the molecule is Cc1ccc(C(N)Cn2c(C)nc3c2CCCC3)cc1C. The molecular weight excluding hydrogens is 258 g/mol. The van der Waals surface area contributed by atoms with E-state index in [1.807, 2.05) is 0 Å². The Morgan fingerprint density at radius 2 is 1.90 bits per heavy atom. The maximum atomic E-state index is 6.46. The summed E-state index contributed by atoms with van der Waals surface area (Å²) in [6.45, 7) is 7.22. The highest BCUT2D eigenvalue weighted by molar-refractivity contribution is 5.32. The van der Waals surface area contributed by atoms with Crippen LogP contribution >= 0.6 is 0 Å². The lowest BCUT2D eigenvalue weighted by Crippen LogP contribution is -2.20. The number of hydrogen-bond donors (Lipinski definition) is 1. The van der Waals surface area contributed by atoms with E-state index in [9.17, 15) is 0 Å². The molecule has 2 aromatic rings. The minimum Gasteiger partial charge on any atom is -0.330 e. The smallest absolute Gasteiger partial charge is 0.106 e. The number of imidazole rings is 1. The van der Waals surface area contributed by atoms with Crippen molar-refractivity contribution in [1.29, 1.82) is 0 Å². The second-order valence-electron chi connectivity index (χ2n) is 6.32. The Morgan fingerprint density at radius 3 is 2.67 bits per heavy atom. The molecule has 3 nitrogen and oxygen atoms in total. The molecule has 0 spiro atoms. The highest BCUT2D eigenvalue weighted by Gasteiger charge is 2.19. The Hall–Kier alpha value is -1.61. The first-order valence-electron chi connectivity index (χ1n) is 7.94. The maximum Gasteiger partial charge on any atom is 0.106 e. The van der Waals surface area contributed by atoms with Crippen LogP contribution in [0.5, 0.6) is 0 Å². The third-order valence-corrected chi connectivity index (χ3v) is 4.76. The molecule has 3 heteroatoms. The largest absolute Gasteiger partial charge is 0.330 e. The number of nitrogens with zero attached hydrogens (tertiary/aromatic N) is 2. The Morgan fingerprint density at radius 1 is 1.14 bits per heavy atom. The second kappa shape index (κ2) is 5.64. The molecule has 0 bridgehead atoms. The molecule has 0 radical (unpaired) electrons. The minimum atomic E-state index is 0.0308. The number of benzene rings is 1. The third kappa shape index (κ3) is 2.75. The molecule has 1 unspecified atom stereocenters. The van der Waals surface area contributed by atoms with Crippen molar-refractivity contribution in [3.63, 3.8) is 0 Å². The molecule has 1 atom stereocenters. The van der Waals surface area contributed by atoms with Gasteiger partial charge in [0.1, 0.15) is 5.82 Å². The van der Waals surface area contributed by atoms with Crippen LogP contribution in [0.3, 0.4) is 0 Å². The van der Waals surface area contributed by atoms with E-state index in [-0.39, 0.29) is 6.04 Å². The van der Waals surface area contributed by atoms with Crippen LogP contribution in [0.4, 0.5) is 0 Å². The van der Waals surface area contributed by atoms with Crippen molar-refractivity contribution in [1.82, 2.24) is 9.55 Å². The zero-order valence-electron chi connectivity index (χ0n) is 13.3. The molecule has 0 aliphatic heterocycles. The highest BCUT2D eigenvalue weighted by atomic mass is 15.1. The zero-order valence-corrected chi connectivity index (χ0v) is 13.3. The molecule has 1 aromatic heterocycles. The number of rotatable bonds is 3. The Kier molecular flexibility index (Phi) is 3.85. The van der Waals surface area contributed by atoms with Crippen molar-refractivity contribution in [2.75, 3.05) is 0 Å². The molecular formula is C18H25N3. The van der Waals surface area contributed by atoms with Crippen LogP contribution in [0.2, 0.25) is 0 Å². The van der Waals surface area contributed by atoms with Gasteiger partial charge in [0.2, 0.25) is 0 Å². The number of fused-ring (bicyclic) bond motifs is 1. The summed E-state index contributed by atoms with van der Waals surface area (Å²) < 4.78 is 2.34. The molecule has 112 valence electrons. The van der Waals surface area contributed by atoms with E-state index in [2.05, 4.69) is 43.5 Å². The first kappa shape index (κ1) is 14.3. The fraction of sp³-hybridized carbons (Fsp3) is 0.500. The summed E-state index contributed by atoms with van der Waals surface area (Å²) in [6, 6.07) is 6.58. The molecule has 1 aliphatic carbocycles. The van der Waals surface area contributed by atoms with Gasteiger partial charge in [-0.2, -0.15) is 0 Å². The van der Waals surface area contributed by atoms with E-state index in [0.717, 1.165) is 25.2 Å². The van der Waals surface area contributed by atoms with Crippen molar-refractivity contribution in [3.8, 4) is 0 Å². The molecule has 1 aliphatic rings. The van der Waals surface area contributed by atoms with Gasteiger partial charge in [-0.05, 0) is 63.1 Å². The van der Waals surface area contributed by atoms with Gasteiger partial charge in [-0.1, -0.05) is 18.2 Å². The van der Waals surface area contributed by atoms with Gasteiger partial charge in [0.25, 0.3) is 0 Å². The van der Waals surface area contributed by atoms with Crippen LogP contribution < -0.4 is 5.73 Å². The average Bonchev–Trinajstić information content (AvgIpc) is 2.78. The van der Waals surface area contributed by atoms with Crippen LogP contribution in [0.25, 0.3) is 0 Å². The lowest BCUT2D eigenvalue weighted by molar-refractivity contribution is 0.532. The van der Waals surface area contributed by atoms with Crippen molar-refractivity contribution in [2.45, 2.75) is 59.0 Å². The maximum absolute atomic E-state index is 6.46. The molecule has 0 amide bonds. The quantitative estimate of drug-likeness (QED) is 0.938. The van der Waals surface area contributed by atoms with E-state index < -0.39 is 0 Å². The van der Waals surface area contributed by atoms with Gasteiger partial charge < -0.3 is 10.3 Å². The molecule has 21 heavy (non-hydrogen) atoms. The predicted octanol–water partition coefficient (Wildman–Crippen LogP) is 3.39. The van der Waals surface area contributed by atoms with Gasteiger partial charge in [0, 0.05) is 18.3 Å². The van der Waals surface area contributed by atoms with E-state index in [1.54, 1.807) is 0 Å². The topological polar surface area (TPSA) is 43.8 Å². The summed E-state index contributed by atoms with van der Waals surface area (Å²) in [5.41, 5.74) is 13.0. The van der Waals surface area contributed by atoms with Crippen LogP contribution in [0.15, 0.2) is 18.2 Å². The van der Waals surface area contributed by atoms with Gasteiger partial charge in [0.15, 0.2) is 0 Å². The summed E-state index contributed by atoms with van der Waals surface area (Å²) in [6.07, 6.45) is 4.82. The lowest BCUT2D eigenvalue weighted by atomic mass is 9.99. The first-order valence-corrected chi connectivity index (χ1v) is 7.94. The molecule has 2 N–H and O–H groups in total. The van der Waals surface area contributed by atoms with Crippen LogP contribution in [-0.4, -0.2) is 9.55 Å². The number of nitrogens with two attached hydrogens (primary N) is 1. The minimum absolute atomic E-state index is 0.0308. The van der Waals surface area contributed by atoms with E-state index in [1.165, 1.54) is 40.9 Å². The molecule has 1 heterocycles. The van der Waals surface area contributed by atoms with Gasteiger partial charge in [-0.25, -0.2) is 4.98 Å². The lowest BCUT2D eigenvalue weighted by Gasteiger charge is -2.19. The van der Waals surface area contributed by atoms with Gasteiger partial charge in [0.05, 0.1) is 5.69 Å². The van der Waals surface area contributed by atoms with Crippen molar-refractivity contribution >= 4 is 0 Å². The summed E-state index contributed by atoms with van der Waals surface area (Å²) in [5.74, 6) is 1.11. The number of hydrogen-bond acceptors (Lipinski definition) is 2. The Balaban J connectivity index is 1.86. The summed E-state index contributed by atoms with van der Waals surface area (Å²) in [4.78, 5) is 4.74. The molecule has 0 saturated heterocycles. The second-order valence-corrected chi connectivity index (χ2v) is 6.32. The molecule has 3 rings (SSSR count). The van der Waals surface area contributed by atoms with Crippen molar-refractivity contribution in [3.05, 3.63) is 52.1 Å². The van der Waals surface area contributed by atoms with Crippen molar-refractivity contribution in [2.24, 2.45) is 5.73 Å². The standard InChI is InChI=1S/C18H25N3/c1-12-8-9-15(10-13(12)2)16(19)11-21-14(3)20-17-6-4-5-7-18(17)21/h8-10,16H,4-7,11,19H2,1-3H3. The average molecular weight is 283 g/mol. The van der Waals surface area contributed by atoms with Crippen LogP contribution in [-0.2, 0) is 19.4 Å². The third-order valence-electron chi connectivity index (χ3n) is 4.76. The first-order chi connectivity index (χ1) is 10.1. The van der Waals surface area contributed by atoms with E-state index >= 15 is 0 Å². The van der Waals surface area contributed by atoms with Gasteiger partial charge in [-0.15, -0.1) is 0 Å². The van der Waals surface area contributed by atoms with Gasteiger partial charge >= 0.3 is 0 Å². The fourth-order valence-electron chi connectivity index (χ4n) is 3.28. The van der Waals surface area contributed by atoms with Crippen molar-refractivity contribution < 1.29 is 0 Å². The predicted molar refractivity (Wildman–Crippen MR) is 86.5 cm³/mol. The number of aromatic nitrogens is 2. The van der Waals surface area contributed by atoms with Crippen LogP contribution in [0, 0.1) is 20.8 Å². The van der Waals surface area contributed by atoms with E-state index in [0.29, 0.717) is 0 Å². The molecule has 0 fully saturated rings. The Bertz CT molecular complexity index is 655. The summed E-state index contributed by atoms with van der Waals surface area (Å²) in [7, 11) is 0. The van der Waals surface area contributed by atoms with Crippen LogP contribution in [0.1, 0.15) is 52.8 Å². The molecule has 0 saturated carbocycles. The summed E-state index contributed by atoms with van der Waals surface area (Å²) in [5, 5.41) is 0. The highest BCUT2D eigenvalue weighted by Crippen LogP contribution is 2.24. The molecule has 1 aromatic carbocycles. The van der Waals surface area contributed by atoms with Gasteiger partial charge in [-0.3, -0.25) is 0 Å². The Labute approximate surface area is 127 Å².